The number of carbonyl (C=O) groups is 1. The van der Waals surface area contributed by atoms with Gasteiger partial charge in [-0.25, -0.2) is 8.78 Å². The summed E-state index contributed by atoms with van der Waals surface area (Å²) < 4.78 is 27.4. The van der Waals surface area contributed by atoms with Gasteiger partial charge < -0.3 is 0 Å². The fourth-order valence-corrected chi connectivity index (χ4v) is 2.40. The van der Waals surface area contributed by atoms with Crippen LogP contribution in [0.5, 0.6) is 0 Å². The summed E-state index contributed by atoms with van der Waals surface area (Å²) in [5.74, 6) is -1.65. The topological polar surface area (TPSA) is 17.1 Å². The van der Waals surface area contributed by atoms with Crippen molar-refractivity contribution in [2.45, 2.75) is 6.42 Å². The van der Waals surface area contributed by atoms with Crippen molar-refractivity contribution in [3.8, 4) is 0 Å². The van der Waals surface area contributed by atoms with E-state index in [1.54, 1.807) is 6.07 Å². The first-order valence-electron chi connectivity index (χ1n) is 5.39. The molecule has 1 nitrogen and oxygen atoms in total. The van der Waals surface area contributed by atoms with Crippen LogP contribution < -0.4 is 0 Å². The highest BCUT2D eigenvalue weighted by Crippen LogP contribution is 2.21. The van der Waals surface area contributed by atoms with Crippen molar-refractivity contribution in [1.29, 1.82) is 0 Å². The van der Waals surface area contributed by atoms with Crippen LogP contribution in [0.25, 0.3) is 0 Å². The number of benzene rings is 2. The number of carbonyl (C=O) groups excluding carboxylic acids is 1. The predicted molar refractivity (Wildman–Crippen MR) is 73.5 cm³/mol. The largest absolute Gasteiger partial charge is 0.294 e. The molecule has 0 aliphatic carbocycles. The number of hydrogen-bond donors (Lipinski definition) is 0. The molecule has 0 aliphatic heterocycles. The van der Waals surface area contributed by atoms with Crippen molar-refractivity contribution >= 4 is 33.3 Å². The summed E-state index contributed by atoms with van der Waals surface area (Å²) in [6.45, 7) is 0. The molecule has 19 heavy (non-hydrogen) atoms. The molecule has 2 rings (SSSR count). The van der Waals surface area contributed by atoms with E-state index in [1.165, 1.54) is 30.3 Å². The fourth-order valence-electron chi connectivity index (χ4n) is 1.71. The summed E-state index contributed by atoms with van der Waals surface area (Å²) in [4.78, 5) is 12.0. The van der Waals surface area contributed by atoms with Crippen LogP contribution in [-0.2, 0) is 6.42 Å². The number of halogens is 4. The van der Waals surface area contributed by atoms with Crippen LogP contribution in [0, 0.1) is 11.6 Å². The third kappa shape index (κ3) is 3.39. The van der Waals surface area contributed by atoms with Gasteiger partial charge in [-0.1, -0.05) is 33.6 Å². The van der Waals surface area contributed by atoms with Gasteiger partial charge in [0.05, 0.1) is 10.6 Å². The third-order valence-electron chi connectivity index (χ3n) is 2.54. The maximum absolute atomic E-state index is 13.7. The summed E-state index contributed by atoms with van der Waals surface area (Å²) >= 11 is 8.76. The zero-order chi connectivity index (χ0) is 14.0. The number of hydrogen-bond acceptors (Lipinski definition) is 1. The molecule has 0 spiro atoms. The zero-order valence-corrected chi connectivity index (χ0v) is 11.9. The molecular formula is C14H8BrClF2O. The molecule has 0 unspecified atom stereocenters. The van der Waals surface area contributed by atoms with Crippen LogP contribution in [0.2, 0.25) is 5.02 Å². The van der Waals surface area contributed by atoms with Gasteiger partial charge in [0.1, 0.15) is 5.82 Å². The Labute approximate surface area is 122 Å². The maximum Gasteiger partial charge on any atom is 0.170 e. The second-order valence-electron chi connectivity index (χ2n) is 3.98. The van der Waals surface area contributed by atoms with Gasteiger partial charge in [-0.3, -0.25) is 4.79 Å². The van der Waals surface area contributed by atoms with Gasteiger partial charge >= 0.3 is 0 Å². The van der Waals surface area contributed by atoms with Crippen molar-refractivity contribution in [2.24, 2.45) is 0 Å². The Bertz CT molecular complexity index is 623. The van der Waals surface area contributed by atoms with E-state index in [0.29, 0.717) is 10.0 Å². The lowest BCUT2D eigenvalue weighted by Gasteiger charge is -2.05. The smallest absolute Gasteiger partial charge is 0.170 e. The Morgan fingerprint density at radius 1 is 1.21 bits per heavy atom. The lowest BCUT2D eigenvalue weighted by Crippen LogP contribution is -2.06. The SMILES string of the molecule is O=C(Cc1cc(F)cc(Br)c1)c1cccc(Cl)c1F. The summed E-state index contributed by atoms with van der Waals surface area (Å²) in [5.41, 5.74) is 0.379. The molecular weight excluding hydrogens is 338 g/mol. The molecule has 0 heterocycles. The second-order valence-corrected chi connectivity index (χ2v) is 5.30. The standard InChI is InChI=1S/C14H8BrClF2O/c15-9-4-8(5-10(17)7-9)6-13(19)11-2-1-3-12(16)14(11)18/h1-5,7H,6H2. The summed E-state index contributed by atoms with van der Waals surface area (Å²) in [6.07, 6.45) is -0.0897. The lowest BCUT2D eigenvalue weighted by atomic mass is 10.0. The number of ketones is 1. The summed E-state index contributed by atoms with van der Waals surface area (Å²) in [5, 5.41) is -0.105. The first-order chi connectivity index (χ1) is 8.97. The molecule has 0 atom stereocenters. The van der Waals surface area contributed by atoms with Gasteiger partial charge in [0.25, 0.3) is 0 Å². The van der Waals surface area contributed by atoms with Crippen LogP contribution in [0.15, 0.2) is 40.9 Å². The molecule has 2 aromatic carbocycles. The first-order valence-corrected chi connectivity index (χ1v) is 6.56. The molecule has 0 fully saturated rings. The second kappa shape index (κ2) is 5.80. The van der Waals surface area contributed by atoms with Crippen LogP contribution >= 0.6 is 27.5 Å². The predicted octanol–water partition coefficient (Wildman–Crippen LogP) is 4.81. The molecule has 98 valence electrons. The monoisotopic (exact) mass is 344 g/mol. The lowest BCUT2D eigenvalue weighted by molar-refractivity contribution is 0.0989. The van der Waals surface area contributed by atoms with Crippen molar-refractivity contribution in [3.63, 3.8) is 0 Å². The van der Waals surface area contributed by atoms with Gasteiger partial charge in [-0.05, 0) is 35.9 Å². The van der Waals surface area contributed by atoms with E-state index in [1.807, 2.05) is 0 Å². The first kappa shape index (κ1) is 14.2. The van der Waals surface area contributed by atoms with Crippen LogP contribution in [-0.4, -0.2) is 5.78 Å². The third-order valence-corrected chi connectivity index (χ3v) is 3.29. The van der Waals surface area contributed by atoms with Gasteiger partial charge in [0.15, 0.2) is 11.6 Å². The minimum atomic E-state index is -0.746. The molecule has 0 saturated carbocycles. The summed E-state index contributed by atoms with van der Waals surface area (Å²) in [6, 6.07) is 8.37. The zero-order valence-electron chi connectivity index (χ0n) is 9.59. The molecule has 0 N–H and O–H groups in total. The fraction of sp³-hybridized carbons (Fsp3) is 0.0714. The van der Waals surface area contributed by atoms with E-state index in [9.17, 15) is 13.6 Å². The van der Waals surface area contributed by atoms with Crippen molar-refractivity contribution in [3.05, 3.63) is 68.7 Å². The van der Waals surface area contributed by atoms with Crippen LogP contribution in [0.4, 0.5) is 8.78 Å². The minimum Gasteiger partial charge on any atom is -0.294 e. The van der Waals surface area contributed by atoms with Gasteiger partial charge in [0, 0.05) is 10.9 Å². The average Bonchev–Trinajstić information content (AvgIpc) is 2.31. The summed E-state index contributed by atoms with van der Waals surface area (Å²) in [7, 11) is 0. The normalized spacial score (nSPS) is 10.5. The van der Waals surface area contributed by atoms with E-state index in [4.69, 9.17) is 11.6 Å². The van der Waals surface area contributed by atoms with E-state index in [-0.39, 0.29) is 17.0 Å². The van der Waals surface area contributed by atoms with Crippen molar-refractivity contribution in [2.75, 3.05) is 0 Å². The van der Waals surface area contributed by atoms with E-state index >= 15 is 0 Å². The highest BCUT2D eigenvalue weighted by Gasteiger charge is 2.15. The van der Waals surface area contributed by atoms with Gasteiger partial charge in [-0.15, -0.1) is 0 Å². The maximum atomic E-state index is 13.7. The van der Waals surface area contributed by atoms with Gasteiger partial charge in [0.2, 0.25) is 0 Å². The molecule has 2 aromatic rings. The Kier molecular flexibility index (Phi) is 4.32. The molecule has 0 radical (unpaired) electrons. The van der Waals surface area contributed by atoms with Gasteiger partial charge in [-0.2, -0.15) is 0 Å². The molecule has 0 bridgehead atoms. The van der Waals surface area contributed by atoms with E-state index in [0.717, 1.165) is 0 Å². The van der Waals surface area contributed by atoms with Crippen molar-refractivity contribution in [1.82, 2.24) is 0 Å². The van der Waals surface area contributed by atoms with E-state index in [2.05, 4.69) is 15.9 Å². The molecule has 5 heteroatoms. The molecule has 0 amide bonds. The minimum absolute atomic E-state index is 0.0897. The van der Waals surface area contributed by atoms with Crippen molar-refractivity contribution < 1.29 is 13.6 Å². The molecule has 0 aliphatic rings. The Balaban J connectivity index is 2.28. The average molecular weight is 346 g/mol. The Morgan fingerprint density at radius 2 is 1.95 bits per heavy atom. The highest BCUT2D eigenvalue weighted by atomic mass is 79.9. The van der Waals surface area contributed by atoms with Crippen LogP contribution in [0.1, 0.15) is 15.9 Å². The molecule has 0 saturated heterocycles. The van der Waals surface area contributed by atoms with E-state index < -0.39 is 17.4 Å². The Morgan fingerprint density at radius 3 is 2.63 bits per heavy atom. The number of Topliss-reactive ketones (excluding diaryl/α,β-unsaturated/α-hetero) is 1. The Hall–Kier alpha value is -1.26. The number of rotatable bonds is 3. The highest BCUT2D eigenvalue weighted by molar-refractivity contribution is 9.10. The quantitative estimate of drug-likeness (QED) is 0.730. The van der Waals surface area contributed by atoms with Crippen LogP contribution in [0.3, 0.4) is 0 Å². The molecule has 0 aromatic heterocycles.